The van der Waals surface area contributed by atoms with Crippen LogP contribution in [0.5, 0.6) is 0 Å². The number of likely N-dealkylation sites (tertiary alicyclic amines) is 1. The van der Waals surface area contributed by atoms with Crippen molar-refractivity contribution in [1.29, 1.82) is 0 Å². The van der Waals surface area contributed by atoms with Crippen LogP contribution in [0.1, 0.15) is 92.1 Å². The maximum Gasteiger partial charge on any atom is 0.245 e. The molecule has 51 heavy (non-hydrogen) atoms. The first kappa shape index (κ1) is 40.7. The number of nitrogens with one attached hydrogen (secondary N) is 3. The topological polar surface area (TPSA) is 129 Å². The molecule has 3 fully saturated rings. The number of hydrogen-bond donors (Lipinski definition) is 3. The van der Waals surface area contributed by atoms with Crippen molar-refractivity contribution in [1.82, 2.24) is 25.8 Å². The van der Waals surface area contributed by atoms with Crippen molar-refractivity contribution in [3.63, 3.8) is 0 Å². The van der Waals surface area contributed by atoms with E-state index in [9.17, 15) is 19.2 Å². The predicted molar refractivity (Wildman–Crippen MR) is 199 cm³/mol. The second kappa shape index (κ2) is 18.6. The van der Waals surface area contributed by atoms with Crippen LogP contribution in [0.15, 0.2) is 30.3 Å². The third kappa shape index (κ3) is 9.90. The van der Waals surface area contributed by atoms with Crippen molar-refractivity contribution in [2.45, 2.75) is 141 Å². The van der Waals surface area contributed by atoms with E-state index in [4.69, 9.17) is 9.47 Å². The molecular weight excluding hydrogens is 646 g/mol. The number of amides is 4. The van der Waals surface area contributed by atoms with Gasteiger partial charge in [0.05, 0.1) is 42.7 Å². The van der Waals surface area contributed by atoms with E-state index >= 15 is 0 Å². The van der Waals surface area contributed by atoms with Crippen molar-refractivity contribution in [2.24, 2.45) is 23.7 Å². The molecule has 4 rings (SSSR count). The summed E-state index contributed by atoms with van der Waals surface area (Å²) in [6, 6.07) is 8.79. The number of fused-ring (bicyclic) bond motifs is 2. The molecule has 11 atom stereocenters. The van der Waals surface area contributed by atoms with Crippen LogP contribution in [0.4, 0.5) is 0 Å². The lowest BCUT2D eigenvalue weighted by Crippen LogP contribution is -2.59. The lowest BCUT2D eigenvalue weighted by molar-refractivity contribution is -0.147. The van der Waals surface area contributed by atoms with Crippen LogP contribution >= 0.6 is 0 Å². The quantitative estimate of drug-likeness (QED) is 0.211. The molecule has 1 aromatic carbocycles. The molecule has 2 aliphatic heterocycles. The van der Waals surface area contributed by atoms with Crippen molar-refractivity contribution >= 4 is 23.6 Å². The van der Waals surface area contributed by atoms with Crippen LogP contribution < -0.4 is 16.0 Å². The van der Waals surface area contributed by atoms with Crippen molar-refractivity contribution in [3.8, 4) is 0 Å². The molecule has 0 radical (unpaired) electrons. The van der Waals surface area contributed by atoms with Gasteiger partial charge in [0.25, 0.3) is 0 Å². The first-order valence-corrected chi connectivity index (χ1v) is 19.3. The minimum absolute atomic E-state index is 0.0233. The van der Waals surface area contributed by atoms with Crippen molar-refractivity contribution < 1.29 is 28.7 Å². The SMILES string of the molecule is CC[C@H](C)[C@@H]([C@@H](CC(=O)N1CCC[C@H]1[C@H](OC)[C@@H](C)C(=O)N[C@H](C)Cc1ccccc1)OC)N(C)C(=O)[C@@H](NC(=O)[C@H]1N[C@@H]2CC[C@H]1C2)C(C)C. The molecule has 3 aliphatic rings. The molecular formula is C40H65N5O6. The molecule has 1 saturated carbocycles. The van der Waals surface area contributed by atoms with Gasteiger partial charge < -0.3 is 35.2 Å². The van der Waals surface area contributed by atoms with Gasteiger partial charge in [-0.25, -0.2) is 0 Å². The number of ether oxygens (including phenoxy) is 2. The number of benzene rings is 1. The highest BCUT2D eigenvalue weighted by Gasteiger charge is 2.45. The Morgan fingerprint density at radius 2 is 1.69 bits per heavy atom. The minimum atomic E-state index is -0.698. The van der Waals surface area contributed by atoms with Gasteiger partial charge in [-0.15, -0.1) is 0 Å². The van der Waals surface area contributed by atoms with Gasteiger partial charge in [0.2, 0.25) is 23.6 Å². The Labute approximate surface area is 306 Å². The maximum absolute atomic E-state index is 14.2. The molecule has 3 N–H and O–H groups in total. The van der Waals surface area contributed by atoms with Gasteiger partial charge in [0.1, 0.15) is 6.04 Å². The molecule has 0 aromatic heterocycles. The van der Waals surface area contributed by atoms with E-state index in [2.05, 4.69) is 41.9 Å². The van der Waals surface area contributed by atoms with E-state index in [0.717, 1.165) is 50.5 Å². The second-order valence-electron chi connectivity index (χ2n) is 15.8. The first-order chi connectivity index (χ1) is 24.3. The molecule has 4 amide bonds. The van der Waals surface area contributed by atoms with Crippen molar-refractivity contribution in [2.75, 3.05) is 27.8 Å². The Balaban J connectivity index is 1.43. The van der Waals surface area contributed by atoms with Crippen LogP contribution in [-0.2, 0) is 35.1 Å². The number of piperidine rings is 1. The van der Waals surface area contributed by atoms with E-state index in [1.54, 1.807) is 26.2 Å². The fourth-order valence-corrected chi connectivity index (χ4v) is 8.83. The molecule has 0 spiro atoms. The van der Waals surface area contributed by atoms with Gasteiger partial charge in [-0.2, -0.15) is 0 Å². The van der Waals surface area contributed by atoms with E-state index in [-0.39, 0.29) is 60.0 Å². The Hall–Kier alpha value is -3.02. The average molecular weight is 712 g/mol. The Bertz CT molecular complexity index is 1310. The van der Waals surface area contributed by atoms with E-state index in [0.29, 0.717) is 18.5 Å². The third-order valence-electron chi connectivity index (χ3n) is 11.9. The fraction of sp³-hybridized carbons (Fsp3) is 0.750. The van der Waals surface area contributed by atoms with Gasteiger partial charge in [-0.3, -0.25) is 19.2 Å². The molecule has 2 saturated heterocycles. The number of carbonyl (C=O) groups excluding carboxylic acids is 4. The Morgan fingerprint density at radius 1 is 0.980 bits per heavy atom. The maximum atomic E-state index is 14.2. The summed E-state index contributed by atoms with van der Waals surface area (Å²) in [4.78, 5) is 58.7. The normalized spacial score (nSPS) is 25.5. The van der Waals surface area contributed by atoms with Crippen LogP contribution in [-0.4, -0.2) is 110 Å². The smallest absolute Gasteiger partial charge is 0.245 e. The van der Waals surface area contributed by atoms with Gasteiger partial charge >= 0.3 is 0 Å². The molecule has 2 heterocycles. The first-order valence-electron chi connectivity index (χ1n) is 19.3. The zero-order valence-corrected chi connectivity index (χ0v) is 32.5. The second-order valence-corrected chi connectivity index (χ2v) is 15.8. The molecule has 11 heteroatoms. The van der Waals surface area contributed by atoms with Gasteiger partial charge in [-0.1, -0.05) is 71.4 Å². The Kier molecular flexibility index (Phi) is 14.9. The van der Waals surface area contributed by atoms with Crippen LogP contribution in [0.25, 0.3) is 0 Å². The average Bonchev–Trinajstić information content (AvgIpc) is 3.89. The van der Waals surface area contributed by atoms with Crippen LogP contribution in [0.3, 0.4) is 0 Å². The highest BCUT2D eigenvalue weighted by molar-refractivity contribution is 5.90. The lowest BCUT2D eigenvalue weighted by Gasteiger charge is -2.41. The van der Waals surface area contributed by atoms with E-state index in [1.165, 1.54) is 0 Å². The number of methoxy groups -OCH3 is 2. The summed E-state index contributed by atoms with van der Waals surface area (Å²) < 4.78 is 12.0. The summed E-state index contributed by atoms with van der Waals surface area (Å²) in [5, 5.41) is 9.69. The Morgan fingerprint density at radius 3 is 2.25 bits per heavy atom. The molecule has 11 nitrogen and oxygen atoms in total. The molecule has 0 unspecified atom stereocenters. The molecule has 2 bridgehead atoms. The summed E-state index contributed by atoms with van der Waals surface area (Å²) in [6.45, 7) is 12.5. The standard InChI is InChI=1S/C40H65N5O6/c1-10-25(4)36(44(7)40(49)34(24(2)3)43-39(48)35-29-18-19-30(22-29)42-35)32(50-8)23-33(46)45-20-14-17-31(45)37(51-9)27(6)38(47)41-26(5)21-28-15-12-11-13-16-28/h11-13,15-16,24-27,29-32,34-37,42H,10,14,17-23H2,1-9H3,(H,41,47)(H,43,48)/t25-,26+,27+,29-,30+,31-,32+,34-,35-,36-,37+/m0/s1. The summed E-state index contributed by atoms with van der Waals surface area (Å²) in [5.74, 6) is -0.723. The zero-order valence-electron chi connectivity index (χ0n) is 32.5. The fourth-order valence-electron chi connectivity index (χ4n) is 8.83. The predicted octanol–water partition coefficient (Wildman–Crippen LogP) is 3.94. The number of likely N-dealkylation sites (N-methyl/N-ethyl adjacent to an activating group) is 1. The number of rotatable bonds is 18. The number of hydrogen-bond acceptors (Lipinski definition) is 7. The van der Waals surface area contributed by atoms with Gasteiger partial charge in [-0.05, 0) is 68.8 Å². The summed E-state index contributed by atoms with van der Waals surface area (Å²) in [6.07, 6.45) is 5.24. The minimum Gasteiger partial charge on any atom is -0.379 e. The molecule has 1 aromatic rings. The highest BCUT2D eigenvalue weighted by Crippen LogP contribution is 2.35. The lowest BCUT2D eigenvalue weighted by atomic mass is 9.89. The van der Waals surface area contributed by atoms with Crippen LogP contribution in [0, 0.1) is 23.7 Å². The van der Waals surface area contributed by atoms with Crippen molar-refractivity contribution in [3.05, 3.63) is 35.9 Å². The molecule has 286 valence electrons. The number of nitrogens with zero attached hydrogens (tertiary/aromatic N) is 2. The summed E-state index contributed by atoms with van der Waals surface area (Å²) in [7, 11) is 4.97. The monoisotopic (exact) mass is 711 g/mol. The van der Waals surface area contributed by atoms with Gasteiger partial charge in [0, 0.05) is 39.9 Å². The summed E-state index contributed by atoms with van der Waals surface area (Å²) >= 11 is 0. The summed E-state index contributed by atoms with van der Waals surface area (Å²) in [5.41, 5.74) is 1.15. The van der Waals surface area contributed by atoms with E-state index in [1.807, 2.05) is 50.8 Å². The zero-order chi connectivity index (χ0) is 37.4. The van der Waals surface area contributed by atoms with Gasteiger partial charge in [0.15, 0.2) is 0 Å². The highest BCUT2D eigenvalue weighted by atomic mass is 16.5. The largest absolute Gasteiger partial charge is 0.379 e. The van der Waals surface area contributed by atoms with Crippen LogP contribution in [0.2, 0.25) is 0 Å². The third-order valence-corrected chi connectivity index (χ3v) is 11.9. The number of carbonyl (C=O) groups is 4. The van der Waals surface area contributed by atoms with E-state index < -0.39 is 30.2 Å². The molecule has 1 aliphatic carbocycles.